The normalized spacial score (nSPS) is 18.4. The number of amides is 2. The number of carbonyl (C=O) groups is 3. The van der Waals surface area contributed by atoms with Gasteiger partial charge in [-0.25, -0.2) is 19.8 Å². The van der Waals surface area contributed by atoms with Gasteiger partial charge in [0.25, 0.3) is 5.91 Å². The number of halogens is 4. The number of aliphatic carboxylic acids is 1. The average Bonchev–Trinajstić information content (AvgIpc) is 3.45. The molecule has 2 aliphatic heterocycles. The number of nitrogens with zero attached hydrogens (tertiary/aromatic N) is 2. The van der Waals surface area contributed by atoms with Gasteiger partial charge in [-0.3, -0.25) is 14.4 Å². The Morgan fingerprint density at radius 1 is 1.30 bits per heavy atom. The van der Waals surface area contributed by atoms with Gasteiger partial charge < -0.3 is 26.5 Å². The molecule has 2 amide bonds. The fourth-order valence-electron chi connectivity index (χ4n) is 3.62. The highest BCUT2D eigenvalue weighted by molar-refractivity contribution is 6.17. The van der Waals surface area contributed by atoms with E-state index in [-0.39, 0.29) is 30.2 Å². The van der Waals surface area contributed by atoms with Crippen LogP contribution in [0.2, 0.25) is 0 Å². The minimum atomic E-state index is -4.66. The number of aliphatic imine (C=N–C) groups is 2. The van der Waals surface area contributed by atoms with Gasteiger partial charge in [0.2, 0.25) is 11.9 Å². The molecule has 0 fully saturated rings. The maximum atomic E-state index is 13.4. The van der Waals surface area contributed by atoms with Crippen molar-refractivity contribution in [3.63, 3.8) is 0 Å². The fraction of sp³-hybridized carbons (Fsp3) is 0.320. The van der Waals surface area contributed by atoms with E-state index in [1.807, 2.05) is 0 Å². The lowest BCUT2D eigenvalue weighted by Crippen LogP contribution is -2.39. The minimum absolute atomic E-state index is 0.0130. The van der Waals surface area contributed by atoms with Gasteiger partial charge in [0.15, 0.2) is 0 Å². The Morgan fingerprint density at radius 2 is 2.08 bits per heavy atom. The highest BCUT2D eigenvalue weighted by Crippen LogP contribution is 2.31. The molecule has 0 aliphatic carbocycles. The van der Waals surface area contributed by atoms with Crippen LogP contribution in [0.3, 0.4) is 0 Å². The van der Waals surface area contributed by atoms with E-state index in [1.165, 1.54) is 18.2 Å². The van der Waals surface area contributed by atoms with Crippen LogP contribution in [0.25, 0.3) is 0 Å². The van der Waals surface area contributed by atoms with Crippen molar-refractivity contribution in [2.45, 2.75) is 24.8 Å². The molecule has 0 spiro atoms. The third-order valence-electron chi connectivity index (χ3n) is 5.62. The van der Waals surface area contributed by atoms with Gasteiger partial charge in [-0.1, -0.05) is 24.8 Å². The average molecular weight is 566 g/mol. The summed E-state index contributed by atoms with van der Waals surface area (Å²) in [6.45, 7) is 3.32. The molecule has 11 nitrogen and oxygen atoms in total. The largest absolute Gasteiger partial charge is 0.481 e. The SMILES string of the molecule is C=C/C(=C\C(=NC1=NCC(F)CN1)C1=CNNC1)C(=O)NCC(=O)N[C@@H](CC(=O)O)c1cccc(C(F)(F)F)c1. The molecule has 6 N–H and O–H groups in total. The Kier molecular flexibility index (Phi) is 10.1. The molecule has 1 aromatic rings. The van der Waals surface area contributed by atoms with Gasteiger partial charge in [0.1, 0.15) is 6.17 Å². The molecule has 15 heteroatoms. The highest BCUT2D eigenvalue weighted by atomic mass is 19.4. The van der Waals surface area contributed by atoms with E-state index in [0.29, 0.717) is 17.8 Å². The molecule has 0 radical (unpaired) electrons. The molecule has 40 heavy (non-hydrogen) atoms. The Bertz CT molecular complexity index is 1270. The summed E-state index contributed by atoms with van der Waals surface area (Å²) in [5, 5.41) is 16.7. The molecule has 0 bridgehead atoms. The molecule has 0 aromatic heterocycles. The molecular formula is C25H27F4N7O4. The molecule has 1 aromatic carbocycles. The van der Waals surface area contributed by atoms with E-state index >= 15 is 0 Å². The van der Waals surface area contributed by atoms with E-state index in [2.05, 4.69) is 43.4 Å². The Labute approximate surface area is 226 Å². The number of carboxylic acid groups (broad SMARTS) is 1. The summed E-state index contributed by atoms with van der Waals surface area (Å²) in [7, 11) is 0. The van der Waals surface area contributed by atoms with E-state index in [9.17, 15) is 37.1 Å². The number of guanidine groups is 1. The van der Waals surface area contributed by atoms with Crippen LogP contribution in [0.5, 0.6) is 0 Å². The second-order valence-corrected chi connectivity index (χ2v) is 8.63. The van der Waals surface area contributed by atoms with Crippen LogP contribution < -0.4 is 26.8 Å². The minimum Gasteiger partial charge on any atom is -0.481 e. The number of rotatable bonds is 10. The summed E-state index contributed by atoms with van der Waals surface area (Å²) in [6, 6.07) is 2.68. The lowest BCUT2D eigenvalue weighted by molar-refractivity contribution is -0.138. The van der Waals surface area contributed by atoms with E-state index in [1.54, 1.807) is 6.20 Å². The first-order chi connectivity index (χ1) is 19.0. The quantitative estimate of drug-likeness (QED) is 0.108. The highest BCUT2D eigenvalue weighted by Gasteiger charge is 2.31. The molecule has 2 atom stereocenters. The van der Waals surface area contributed by atoms with Crippen LogP contribution in [0.1, 0.15) is 23.6 Å². The lowest BCUT2D eigenvalue weighted by atomic mass is 10.0. The third-order valence-corrected chi connectivity index (χ3v) is 5.62. The number of hydrogen-bond acceptors (Lipinski definition) is 8. The number of allylic oxidation sites excluding steroid dienone is 1. The number of hydrazine groups is 1. The van der Waals surface area contributed by atoms with Crippen molar-refractivity contribution in [3.05, 3.63) is 71.5 Å². The molecule has 214 valence electrons. The number of alkyl halides is 4. The van der Waals surface area contributed by atoms with Crippen molar-refractivity contribution in [2.24, 2.45) is 9.98 Å². The summed E-state index contributed by atoms with van der Waals surface area (Å²) in [5.74, 6) is -2.73. The van der Waals surface area contributed by atoms with Crippen molar-refractivity contribution in [1.29, 1.82) is 0 Å². The van der Waals surface area contributed by atoms with Gasteiger partial charge >= 0.3 is 12.1 Å². The number of hydrogen-bond donors (Lipinski definition) is 6. The molecule has 1 unspecified atom stereocenters. The first kappa shape index (κ1) is 30.0. The van der Waals surface area contributed by atoms with Gasteiger partial charge in [0, 0.05) is 23.9 Å². The van der Waals surface area contributed by atoms with E-state index in [4.69, 9.17) is 0 Å². The van der Waals surface area contributed by atoms with Crippen molar-refractivity contribution in [2.75, 3.05) is 26.2 Å². The Balaban J connectivity index is 1.71. The van der Waals surface area contributed by atoms with Crippen LogP contribution in [-0.2, 0) is 20.6 Å². The van der Waals surface area contributed by atoms with E-state index < -0.39 is 54.7 Å². The van der Waals surface area contributed by atoms with Crippen molar-refractivity contribution < 1.29 is 37.1 Å². The zero-order valence-electron chi connectivity index (χ0n) is 21.0. The summed E-state index contributed by atoms with van der Waals surface area (Å²) >= 11 is 0. The third kappa shape index (κ3) is 8.76. The lowest BCUT2D eigenvalue weighted by Gasteiger charge is -2.19. The zero-order chi connectivity index (χ0) is 29.3. The number of benzene rings is 1. The maximum Gasteiger partial charge on any atom is 0.416 e. The summed E-state index contributed by atoms with van der Waals surface area (Å²) in [4.78, 5) is 45.0. The Hall–Kier alpha value is -4.53. The van der Waals surface area contributed by atoms with Crippen LogP contribution in [0.15, 0.2) is 70.3 Å². The second-order valence-electron chi connectivity index (χ2n) is 8.63. The van der Waals surface area contributed by atoms with Gasteiger partial charge in [-0.15, -0.1) is 0 Å². The number of nitrogens with one attached hydrogen (secondary N) is 5. The van der Waals surface area contributed by atoms with Crippen LogP contribution >= 0.6 is 0 Å². The fourth-order valence-corrected chi connectivity index (χ4v) is 3.62. The molecule has 0 saturated heterocycles. The van der Waals surface area contributed by atoms with Gasteiger partial charge in [-0.05, 0) is 23.8 Å². The van der Waals surface area contributed by atoms with Gasteiger partial charge in [0.05, 0.1) is 43.4 Å². The van der Waals surface area contributed by atoms with Gasteiger partial charge in [-0.2, -0.15) is 13.2 Å². The smallest absolute Gasteiger partial charge is 0.416 e. The summed E-state index contributed by atoms with van der Waals surface area (Å²) < 4.78 is 52.7. The van der Waals surface area contributed by atoms with Crippen LogP contribution in [0, 0.1) is 0 Å². The topological polar surface area (TPSA) is 156 Å². The molecular weight excluding hydrogens is 538 g/mol. The number of carboxylic acids is 1. The molecule has 2 aliphatic rings. The second kappa shape index (κ2) is 13.5. The van der Waals surface area contributed by atoms with Crippen LogP contribution in [-0.4, -0.2) is 66.9 Å². The molecule has 2 heterocycles. The molecule has 0 saturated carbocycles. The van der Waals surface area contributed by atoms with Crippen molar-refractivity contribution in [1.82, 2.24) is 26.8 Å². The summed E-state index contributed by atoms with van der Waals surface area (Å²) in [5.41, 5.74) is 5.56. The maximum absolute atomic E-state index is 13.4. The standard InChI is InChI=1S/C25H27F4N7O4/c1-2-14(7-19(16-9-33-34-10-16)36-24-31-11-18(26)12-32-24)23(40)30-13-21(37)35-20(8-22(38)39)15-4-3-5-17(6-15)25(27,28)29/h2-7,9,18,20,33-34H,1,8,10-13H2,(H,30,40)(H,31,32)(H,35,37)(H,38,39)/b14-7+,36-19?/t20-/m0/s1. The van der Waals surface area contributed by atoms with Crippen molar-refractivity contribution >= 4 is 29.5 Å². The number of carbonyl (C=O) groups excluding carboxylic acids is 2. The predicted octanol–water partition coefficient (Wildman–Crippen LogP) is 1.30. The van der Waals surface area contributed by atoms with E-state index in [0.717, 1.165) is 18.2 Å². The molecule has 3 rings (SSSR count). The van der Waals surface area contributed by atoms with Crippen LogP contribution in [0.4, 0.5) is 17.6 Å². The predicted molar refractivity (Wildman–Crippen MR) is 138 cm³/mol. The first-order valence-corrected chi connectivity index (χ1v) is 12.0. The zero-order valence-corrected chi connectivity index (χ0v) is 21.0. The first-order valence-electron chi connectivity index (χ1n) is 12.0. The van der Waals surface area contributed by atoms with Crippen molar-refractivity contribution in [3.8, 4) is 0 Å². The summed E-state index contributed by atoms with van der Waals surface area (Å²) in [6.07, 6.45) is -2.26. The monoisotopic (exact) mass is 565 g/mol. The Morgan fingerprint density at radius 3 is 2.67 bits per heavy atom.